The number of halogens is 3. The number of piperazine rings is 1. The average Bonchev–Trinajstić information content (AvgIpc) is 2.65. The number of aromatic nitrogens is 3. The molecule has 0 aliphatic carbocycles. The van der Waals surface area contributed by atoms with Gasteiger partial charge in [0.25, 0.3) is 5.82 Å². The molecule has 1 aliphatic rings. The predicted octanol–water partition coefficient (Wildman–Crippen LogP) is 2.37. The molecule has 1 fully saturated rings. The lowest BCUT2D eigenvalue weighted by Gasteiger charge is -2.31. The van der Waals surface area contributed by atoms with Crippen LogP contribution >= 0.6 is 11.8 Å². The van der Waals surface area contributed by atoms with Crippen molar-refractivity contribution in [1.29, 1.82) is 0 Å². The molecule has 1 aliphatic heterocycles. The van der Waals surface area contributed by atoms with Crippen LogP contribution in [-0.2, 0) is 11.0 Å². The summed E-state index contributed by atoms with van der Waals surface area (Å²) in [5, 5.41) is 0.587. The lowest BCUT2D eigenvalue weighted by atomic mass is 10.2. The first-order valence-corrected chi connectivity index (χ1v) is 9.77. The molecule has 1 N–H and O–H groups in total. The molecule has 0 aromatic carbocycles. The molecular weight excluding hydrogens is 391 g/mol. The Bertz CT molecular complexity index is 816. The maximum Gasteiger partial charge on any atom is 0.419 e. The zero-order chi connectivity index (χ0) is 20.3. The van der Waals surface area contributed by atoms with Crippen molar-refractivity contribution in [3.63, 3.8) is 0 Å². The molecule has 3 heterocycles. The number of rotatable bonds is 4. The van der Waals surface area contributed by atoms with Crippen LogP contribution in [0.1, 0.15) is 17.0 Å². The van der Waals surface area contributed by atoms with Gasteiger partial charge in [0, 0.05) is 17.5 Å². The summed E-state index contributed by atoms with van der Waals surface area (Å²) in [5.74, 6) is 0.872. The maximum absolute atomic E-state index is 12.7. The van der Waals surface area contributed by atoms with Gasteiger partial charge in [-0.3, -0.25) is 9.69 Å². The summed E-state index contributed by atoms with van der Waals surface area (Å²) in [7, 11) is 0. The molecule has 0 atom stereocenters. The normalized spacial score (nSPS) is 15.0. The van der Waals surface area contributed by atoms with E-state index in [2.05, 4.69) is 15.0 Å². The number of thioether (sulfide) groups is 1. The van der Waals surface area contributed by atoms with Crippen LogP contribution in [0.3, 0.4) is 0 Å². The second kappa shape index (κ2) is 8.34. The first-order chi connectivity index (χ1) is 13.2. The Morgan fingerprint density at radius 3 is 2.32 bits per heavy atom. The molecule has 0 unspecified atom stereocenters. The number of carbonyl (C=O) groups excluding carboxylic acids is 1. The van der Waals surface area contributed by atoms with E-state index < -0.39 is 11.7 Å². The topological polar surface area (TPSA) is 63.5 Å². The molecule has 3 rings (SSSR count). The maximum atomic E-state index is 12.7. The van der Waals surface area contributed by atoms with Crippen molar-refractivity contribution in [2.75, 3.05) is 36.8 Å². The lowest BCUT2D eigenvalue weighted by molar-refractivity contribution is -0.367. The SMILES string of the molecule is Cc1cc(C)nc(SCC(=O)N2CCN(c3ccc(C(F)(F)F)c[nH+]3)CC2)n1. The lowest BCUT2D eigenvalue weighted by Crippen LogP contribution is -2.50. The number of nitrogens with zero attached hydrogens (tertiary/aromatic N) is 4. The fourth-order valence-electron chi connectivity index (χ4n) is 2.96. The van der Waals surface area contributed by atoms with Gasteiger partial charge in [-0.05, 0) is 26.0 Å². The van der Waals surface area contributed by atoms with E-state index in [0.29, 0.717) is 37.2 Å². The summed E-state index contributed by atoms with van der Waals surface area (Å²) < 4.78 is 38.0. The number of amides is 1. The molecule has 0 bridgehead atoms. The van der Waals surface area contributed by atoms with Gasteiger partial charge in [0.2, 0.25) is 5.91 Å². The highest BCUT2D eigenvalue weighted by Crippen LogP contribution is 2.28. The molecular formula is C18H21F3N5OS+. The number of anilines is 1. The van der Waals surface area contributed by atoms with E-state index in [0.717, 1.165) is 23.7 Å². The summed E-state index contributed by atoms with van der Waals surface area (Å²) in [6, 6.07) is 4.36. The molecule has 10 heteroatoms. The van der Waals surface area contributed by atoms with E-state index in [1.807, 2.05) is 24.8 Å². The van der Waals surface area contributed by atoms with E-state index in [9.17, 15) is 18.0 Å². The van der Waals surface area contributed by atoms with Crippen LogP contribution < -0.4 is 9.88 Å². The standard InChI is InChI=1S/C18H20F3N5OS/c1-12-9-13(2)24-17(23-12)28-11-16(27)26-7-5-25(6-8-26)15-4-3-14(10-22-15)18(19,20)21/h3-4,9-10H,5-8,11H2,1-2H3/p+1. The number of nitrogens with one attached hydrogen (secondary N) is 1. The molecule has 6 nitrogen and oxygen atoms in total. The van der Waals surface area contributed by atoms with Crippen LogP contribution in [-0.4, -0.2) is 52.7 Å². The van der Waals surface area contributed by atoms with Gasteiger partial charge in [0.15, 0.2) is 5.16 Å². The van der Waals surface area contributed by atoms with Gasteiger partial charge in [-0.1, -0.05) is 11.8 Å². The highest BCUT2D eigenvalue weighted by molar-refractivity contribution is 7.99. The van der Waals surface area contributed by atoms with Crippen molar-refractivity contribution in [3.05, 3.63) is 41.3 Å². The molecule has 1 saturated heterocycles. The van der Waals surface area contributed by atoms with E-state index in [-0.39, 0.29) is 11.7 Å². The molecule has 28 heavy (non-hydrogen) atoms. The zero-order valence-electron chi connectivity index (χ0n) is 15.6. The number of hydrogen-bond acceptors (Lipinski definition) is 5. The predicted molar refractivity (Wildman–Crippen MR) is 99.0 cm³/mol. The third-order valence-electron chi connectivity index (χ3n) is 4.38. The Morgan fingerprint density at radius 1 is 1.14 bits per heavy atom. The van der Waals surface area contributed by atoms with Crippen molar-refractivity contribution in [2.24, 2.45) is 0 Å². The van der Waals surface area contributed by atoms with Gasteiger partial charge >= 0.3 is 6.18 Å². The highest BCUT2D eigenvalue weighted by atomic mass is 32.2. The van der Waals surface area contributed by atoms with E-state index >= 15 is 0 Å². The summed E-state index contributed by atoms with van der Waals surface area (Å²) in [4.78, 5) is 27.5. The summed E-state index contributed by atoms with van der Waals surface area (Å²) >= 11 is 1.31. The van der Waals surface area contributed by atoms with Crippen molar-refractivity contribution < 1.29 is 22.9 Å². The second-order valence-corrected chi connectivity index (χ2v) is 7.49. The summed E-state index contributed by atoms with van der Waals surface area (Å²) in [6.45, 7) is 5.91. The minimum absolute atomic E-state index is 0.00353. The smallest absolute Gasteiger partial charge is 0.334 e. The van der Waals surface area contributed by atoms with Crippen LogP contribution in [0.4, 0.5) is 19.0 Å². The number of aromatic amines is 1. The Kier molecular flexibility index (Phi) is 6.07. The molecule has 2 aromatic rings. The Morgan fingerprint density at radius 2 is 1.79 bits per heavy atom. The summed E-state index contributed by atoms with van der Waals surface area (Å²) in [5.41, 5.74) is 1.02. The van der Waals surface area contributed by atoms with Crippen molar-refractivity contribution in [3.8, 4) is 0 Å². The average molecular weight is 412 g/mol. The first-order valence-electron chi connectivity index (χ1n) is 8.79. The van der Waals surface area contributed by atoms with Crippen molar-refractivity contribution in [2.45, 2.75) is 25.2 Å². The van der Waals surface area contributed by atoms with Crippen LogP contribution in [0, 0.1) is 13.8 Å². The van der Waals surface area contributed by atoms with E-state index in [1.165, 1.54) is 17.8 Å². The Balaban J connectivity index is 1.51. The molecule has 2 aromatic heterocycles. The molecule has 0 spiro atoms. The minimum Gasteiger partial charge on any atom is -0.334 e. The first kappa shape index (κ1) is 20.4. The monoisotopic (exact) mass is 412 g/mol. The molecule has 1 amide bonds. The minimum atomic E-state index is -4.36. The molecule has 0 radical (unpaired) electrons. The third-order valence-corrected chi connectivity index (χ3v) is 5.22. The fraction of sp³-hybridized carbons (Fsp3) is 0.444. The quantitative estimate of drug-likeness (QED) is 0.570. The van der Waals surface area contributed by atoms with Crippen molar-refractivity contribution >= 4 is 23.5 Å². The van der Waals surface area contributed by atoms with Gasteiger partial charge in [-0.2, -0.15) is 13.2 Å². The van der Waals surface area contributed by atoms with Gasteiger partial charge in [-0.15, -0.1) is 0 Å². The molecule has 150 valence electrons. The van der Waals surface area contributed by atoms with Gasteiger partial charge < -0.3 is 4.90 Å². The number of pyridine rings is 1. The van der Waals surface area contributed by atoms with E-state index in [4.69, 9.17) is 0 Å². The largest absolute Gasteiger partial charge is 0.419 e. The highest BCUT2D eigenvalue weighted by Gasteiger charge is 2.33. The fourth-order valence-corrected chi connectivity index (χ4v) is 3.81. The third kappa shape index (κ3) is 5.12. The number of aryl methyl sites for hydroxylation is 2. The number of H-pyrrole nitrogens is 1. The van der Waals surface area contributed by atoms with Gasteiger partial charge in [0.05, 0.1) is 24.4 Å². The number of alkyl halides is 3. The van der Waals surface area contributed by atoms with Crippen LogP contribution in [0.25, 0.3) is 0 Å². The Hall–Kier alpha value is -2.36. The Labute approximate surface area is 165 Å². The van der Waals surface area contributed by atoms with Crippen molar-refractivity contribution in [1.82, 2.24) is 14.9 Å². The van der Waals surface area contributed by atoms with Gasteiger partial charge in [0.1, 0.15) is 19.3 Å². The van der Waals surface area contributed by atoms with E-state index in [1.54, 1.807) is 4.90 Å². The van der Waals surface area contributed by atoms with Crippen LogP contribution in [0.5, 0.6) is 0 Å². The number of hydrogen-bond donors (Lipinski definition) is 0. The van der Waals surface area contributed by atoms with Crippen LogP contribution in [0.2, 0.25) is 0 Å². The zero-order valence-corrected chi connectivity index (χ0v) is 16.4. The number of carbonyl (C=O) groups is 1. The van der Waals surface area contributed by atoms with Crippen LogP contribution in [0.15, 0.2) is 29.6 Å². The molecule has 0 saturated carbocycles. The van der Waals surface area contributed by atoms with Gasteiger partial charge in [-0.25, -0.2) is 15.0 Å². The second-order valence-electron chi connectivity index (χ2n) is 6.55. The summed E-state index contributed by atoms with van der Waals surface area (Å²) in [6.07, 6.45) is -3.40.